The maximum atomic E-state index is 13.0. The first-order valence-corrected chi connectivity index (χ1v) is 9.49. The van der Waals surface area contributed by atoms with Crippen LogP contribution in [0.25, 0.3) is 0 Å². The molecule has 2 aliphatic heterocycles. The maximum absolute atomic E-state index is 13.0. The molecule has 4 rings (SSSR count). The molecule has 0 aliphatic carbocycles. The minimum absolute atomic E-state index is 0.0111. The molecule has 146 valence electrons. The second-order valence-corrected chi connectivity index (χ2v) is 7.24. The Morgan fingerprint density at radius 3 is 2.57 bits per heavy atom. The van der Waals surface area contributed by atoms with Crippen molar-refractivity contribution in [1.82, 2.24) is 25.5 Å². The van der Waals surface area contributed by atoms with E-state index in [-0.39, 0.29) is 29.7 Å². The van der Waals surface area contributed by atoms with Crippen molar-refractivity contribution in [3.05, 3.63) is 59.4 Å². The predicted octanol–water partition coefficient (Wildman–Crippen LogP) is 1.51. The van der Waals surface area contributed by atoms with Crippen LogP contribution in [0.1, 0.15) is 45.8 Å². The molecule has 2 amide bonds. The summed E-state index contributed by atoms with van der Waals surface area (Å²) in [7, 11) is 0. The van der Waals surface area contributed by atoms with Crippen LogP contribution in [0.3, 0.4) is 0 Å². The summed E-state index contributed by atoms with van der Waals surface area (Å²) in [6, 6.07) is 6.61. The number of carbonyl (C=O) groups is 2. The molecule has 2 bridgehead atoms. The van der Waals surface area contributed by atoms with E-state index in [1.54, 1.807) is 17.0 Å². The van der Waals surface area contributed by atoms with Gasteiger partial charge in [-0.2, -0.15) is 0 Å². The lowest BCUT2D eigenvalue weighted by Crippen LogP contribution is -2.40. The minimum atomic E-state index is -0.477. The Hall–Kier alpha value is -2.87. The smallest absolute Gasteiger partial charge is 0.274 e. The molecule has 28 heavy (non-hydrogen) atoms. The third-order valence-corrected chi connectivity index (χ3v) is 5.29. The van der Waals surface area contributed by atoms with E-state index in [4.69, 9.17) is 0 Å². The highest BCUT2D eigenvalue weighted by molar-refractivity contribution is 6.04. The molecule has 2 aliphatic rings. The van der Waals surface area contributed by atoms with Crippen molar-refractivity contribution >= 4 is 11.8 Å². The van der Waals surface area contributed by atoms with Gasteiger partial charge in [0.05, 0.1) is 0 Å². The van der Waals surface area contributed by atoms with Gasteiger partial charge in [0.1, 0.15) is 5.82 Å². The van der Waals surface area contributed by atoms with Gasteiger partial charge < -0.3 is 15.5 Å². The van der Waals surface area contributed by atoms with Crippen molar-refractivity contribution in [3.8, 4) is 0 Å². The van der Waals surface area contributed by atoms with Gasteiger partial charge in [-0.3, -0.25) is 9.59 Å². The van der Waals surface area contributed by atoms with Gasteiger partial charge in [-0.15, -0.1) is 0 Å². The van der Waals surface area contributed by atoms with Crippen molar-refractivity contribution in [1.29, 1.82) is 0 Å². The van der Waals surface area contributed by atoms with Crippen LogP contribution < -0.4 is 10.6 Å². The summed E-state index contributed by atoms with van der Waals surface area (Å²) in [5.41, 5.74) is 0.829. The molecule has 2 fully saturated rings. The zero-order valence-electron chi connectivity index (χ0n) is 15.4. The third-order valence-electron chi connectivity index (χ3n) is 5.29. The molecule has 1 aromatic heterocycles. The zero-order valence-corrected chi connectivity index (χ0v) is 15.4. The van der Waals surface area contributed by atoms with E-state index in [0.29, 0.717) is 25.2 Å². The summed E-state index contributed by atoms with van der Waals surface area (Å²) in [6.45, 7) is 1.46. The molecular formula is C20H22FN5O2. The van der Waals surface area contributed by atoms with Crippen molar-refractivity contribution in [2.24, 2.45) is 0 Å². The minimum Gasteiger partial charge on any atom is -0.347 e. The number of aromatic nitrogens is 2. The Morgan fingerprint density at radius 1 is 1.07 bits per heavy atom. The zero-order chi connectivity index (χ0) is 19.5. The lowest BCUT2D eigenvalue weighted by molar-refractivity contribution is 0.0734. The number of nitrogens with one attached hydrogen (secondary N) is 2. The van der Waals surface area contributed by atoms with Gasteiger partial charge in [0.15, 0.2) is 11.4 Å². The first-order valence-electron chi connectivity index (χ1n) is 9.49. The first kappa shape index (κ1) is 18.5. The quantitative estimate of drug-likeness (QED) is 0.836. The molecule has 0 saturated carbocycles. The van der Waals surface area contributed by atoms with Gasteiger partial charge in [-0.05, 0) is 37.0 Å². The van der Waals surface area contributed by atoms with Crippen LogP contribution in [-0.4, -0.2) is 51.9 Å². The number of hydrogen-bond acceptors (Lipinski definition) is 5. The van der Waals surface area contributed by atoms with Gasteiger partial charge in [-0.25, -0.2) is 14.4 Å². The molecule has 2 atom stereocenters. The Bertz CT molecular complexity index is 873. The highest BCUT2D eigenvalue weighted by atomic mass is 19.1. The predicted molar refractivity (Wildman–Crippen MR) is 100 cm³/mol. The standard InChI is InChI=1S/C20H22FN5O2/c21-14-3-1-13(2-4-14)11-24-19(27)17-18(23-9-8-22-17)20(28)26-10-7-15-5-6-16(12-26)25-15/h1-4,8-9,15-16,25H,5-7,10-12H2,(H,24,27). The highest BCUT2D eigenvalue weighted by Crippen LogP contribution is 2.21. The SMILES string of the molecule is O=C(NCc1ccc(F)cc1)c1nccnc1C(=O)N1CCC2CCC(C1)N2. The fourth-order valence-electron chi connectivity index (χ4n) is 3.81. The summed E-state index contributed by atoms with van der Waals surface area (Å²) >= 11 is 0. The Morgan fingerprint density at radius 2 is 1.79 bits per heavy atom. The van der Waals surface area contributed by atoms with E-state index in [1.807, 2.05) is 0 Å². The van der Waals surface area contributed by atoms with Crippen molar-refractivity contribution < 1.29 is 14.0 Å². The number of benzene rings is 1. The number of carbonyl (C=O) groups excluding carboxylic acids is 2. The summed E-state index contributed by atoms with van der Waals surface area (Å²) < 4.78 is 13.0. The molecule has 2 saturated heterocycles. The van der Waals surface area contributed by atoms with E-state index in [1.165, 1.54) is 24.5 Å². The normalized spacial score (nSPS) is 21.2. The number of halogens is 1. The molecule has 2 aromatic rings. The van der Waals surface area contributed by atoms with Gasteiger partial charge in [-0.1, -0.05) is 12.1 Å². The molecule has 0 spiro atoms. The fraction of sp³-hybridized carbons (Fsp3) is 0.400. The monoisotopic (exact) mass is 383 g/mol. The molecule has 3 heterocycles. The van der Waals surface area contributed by atoms with Crippen molar-refractivity contribution in [2.45, 2.75) is 37.9 Å². The first-order chi connectivity index (χ1) is 13.6. The number of rotatable bonds is 4. The summed E-state index contributed by atoms with van der Waals surface area (Å²) in [4.78, 5) is 35.7. The van der Waals surface area contributed by atoms with Crippen molar-refractivity contribution in [3.63, 3.8) is 0 Å². The van der Waals surface area contributed by atoms with Gasteiger partial charge in [0, 0.05) is 44.1 Å². The van der Waals surface area contributed by atoms with E-state index >= 15 is 0 Å². The third kappa shape index (κ3) is 4.01. The molecule has 8 heteroatoms. The molecule has 2 N–H and O–H groups in total. The topological polar surface area (TPSA) is 87.2 Å². The largest absolute Gasteiger partial charge is 0.347 e. The second-order valence-electron chi connectivity index (χ2n) is 7.24. The molecular weight excluding hydrogens is 361 g/mol. The average Bonchev–Trinajstić information content (AvgIpc) is 3.05. The van der Waals surface area contributed by atoms with Crippen LogP contribution >= 0.6 is 0 Å². The molecule has 7 nitrogen and oxygen atoms in total. The Balaban J connectivity index is 1.47. The van der Waals surface area contributed by atoms with Crippen LogP contribution in [0, 0.1) is 5.82 Å². The van der Waals surface area contributed by atoms with E-state index in [0.717, 1.165) is 24.8 Å². The maximum Gasteiger partial charge on any atom is 0.274 e. The lowest BCUT2D eigenvalue weighted by Gasteiger charge is -2.24. The van der Waals surface area contributed by atoms with Crippen LogP contribution in [0.5, 0.6) is 0 Å². The number of hydrogen-bond donors (Lipinski definition) is 2. The lowest BCUT2D eigenvalue weighted by atomic mass is 10.1. The van der Waals surface area contributed by atoms with Crippen LogP contribution in [0.15, 0.2) is 36.7 Å². The van der Waals surface area contributed by atoms with Crippen molar-refractivity contribution in [2.75, 3.05) is 13.1 Å². The van der Waals surface area contributed by atoms with E-state index < -0.39 is 5.91 Å². The second kappa shape index (κ2) is 8.02. The number of nitrogens with zero attached hydrogens (tertiary/aromatic N) is 3. The fourth-order valence-corrected chi connectivity index (χ4v) is 3.81. The van der Waals surface area contributed by atoms with Crippen LogP contribution in [0.4, 0.5) is 4.39 Å². The van der Waals surface area contributed by atoms with Gasteiger partial charge in [0.2, 0.25) is 0 Å². The van der Waals surface area contributed by atoms with E-state index in [2.05, 4.69) is 20.6 Å². The Labute approximate surface area is 162 Å². The number of fused-ring (bicyclic) bond motifs is 2. The summed E-state index contributed by atoms with van der Waals surface area (Å²) in [6.07, 6.45) is 5.92. The number of amides is 2. The number of likely N-dealkylation sites (tertiary alicyclic amines) is 1. The molecule has 1 aromatic carbocycles. The average molecular weight is 383 g/mol. The van der Waals surface area contributed by atoms with Gasteiger partial charge >= 0.3 is 0 Å². The summed E-state index contributed by atoms with van der Waals surface area (Å²) in [5, 5.41) is 6.26. The van der Waals surface area contributed by atoms with Crippen LogP contribution in [0.2, 0.25) is 0 Å². The van der Waals surface area contributed by atoms with Crippen LogP contribution in [-0.2, 0) is 6.54 Å². The molecule has 0 radical (unpaired) electrons. The summed E-state index contributed by atoms with van der Waals surface area (Å²) in [5.74, 6) is -1.08. The van der Waals surface area contributed by atoms with E-state index in [9.17, 15) is 14.0 Å². The Kier molecular flexibility index (Phi) is 5.29. The molecule has 2 unspecified atom stereocenters. The van der Waals surface area contributed by atoms with Gasteiger partial charge in [0.25, 0.3) is 11.8 Å². The highest BCUT2D eigenvalue weighted by Gasteiger charge is 2.33.